The number of fused-ring (bicyclic) bond motifs is 5. The summed E-state index contributed by atoms with van der Waals surface area (Å²) in [5, 5.41) is 0. The monoisotopic (exact) mass is 810 g/mol. The van der Waals surface area contributed by atoms with Crippen LogP contribution in [0.5, 0.6) is 0 Å². The van der Waals surface area contributed by atoms with Crippen molar-refractivity contribution in [3.05, 3.63) is 47.5 Å². The molecule has 3 heterocycles. The second-order valence-electron chi connectivity index (χ2n) is 18.5. The molecular formula is C47H71NO10. The molecule has 6 aliphatic rings. The highest BCUT2D eigenvalue weighted by atomic mass is 16.7. The topological polar surface area (TPSA) is 111 Å². The number of ether oxygens (including phenoxy) is 8. The van der Waals surface area contributed by atoms with Gasteiger partial charge in [0.15, 0.2) is 18.4 Å². The summed E-state index contributed by atoms with van der Waals surface area (Å²) in [7, 11) is 9.20. The minimum absolute atomic E-state index is 0.0270. The van der Waals surface area contributed by atoms with E-state index in [-0.39, 0.29) is 103 Å². The minimum atomic E-state index is -0.607. The number of Topliss-reactive ketones (excluding diaryl/α,β-unsaturated/α-hetero) is 1. The van der Waals surface area contributed by atoms with E-state index in [1.807, 2.05) is 13.8 Å². The Morgan fingerprint density at radius 1 is 0.793 bits per heavy atom. The Balaban J connectivity index is 1.19. The molecule has 11 heteroatoms. The van der Waals surface area contributed by atoms with Gasteiger partial charge in [-0.3, -0.25) is 9.59 Å². The fraction of sp³-hybridized carbons (Fsp3) is 0.787. The molecule has 58 heavy (non-hydrogen) atoms. The molecule has 0 N–H and O–H groups in total. The number of methoxy groups -OCH3 is 3. The van der Waals surface area contributed by atoms with Crippen molar-refractivity contribution >= 4 is 11.8 Å². The van der Waals surface area contributed by atoms with Crippen LogP contribution in [-0.2, 0) is 47.5 Å². The Morgan fingerprint density at radius 2 is 1.53 bits per heavy atom. The van der Waals surface area contributed by atoms with Crippen LogP contribution in [0.1, 0.15) is 103 Å². The lowest BCUT2D eigenvalue weighted by molar-refractivity contribution is -0.314. The summed E-state index contributed by atoms with van der Waals surface area (Å²) < 4.78 is 50.4. The van der Waals surface area contributed by atoms with E-state index in [2.05, 4.69) is 69.3 Å². The fourth-order valence-electron chi connectivity index (χ4n) is 12.1. The largest absolute Gasteiger partial charge is 0.462 e. The summed E-state index contributed by atoms with van der Waals surface area (Å²) >= 11 is 0. The smallest absolute Gasteiger partial charge is 0.306 e. The van der Waals surface area contributed by atoms with Crippen LogP contribution < -0.4 is 0 Å². The Bertz CT molecular complexity index is 1550. The maximum atomic E-state index is 15.1. The number of allylic oxidation sites excluding steroid dienone is 2. The number of carbonyl (C=O) groups excluding carboxylic acids is 2. The van der Waals surface area contributed by atoms with Crippen LogP contribution >= 0.6 is 0 Å². The molecule has 6 unspecified atom stereocenters. The van der Waals surface area contributed by atoms with Crippen LogP contribution in [0.25, 0.3) is 0 Å². The van der Waals surface area contributed by atoms with E-state index in [4.69, 9.17) is 37.9 Å². The molecule has 0 spiro atoms. The summed E-state index contributed by atoms with van der Waals surface area (Å²) in [5.74, 6) is 0.266. The van der Waals surface area contributed by atoms with Crippen molar-refractivity contribution in [1.29, 1.82) is 0 Å². The van der Waals surface area contributed by atoms with Crippen molar-refractivity contribution in [2.24, 2.45) is 35.5 Å². The molecule has 0 amide bonds. The SMILES string of the molecule is CC[C@H]1CCC[C@H](O[C@H]2CC[C@H](N(C)C)C(C)O2)[C@@H](C)C(=O)C2=C[C@@H]3C(C(c4ccccc4)C[C@@H]4C[C@@H](O[C@@H]5OC(C)[C@H](OC)C(OC)C5OC)C[C@H]43)[C@@H]2CC(=O)O1. The summed E-state index contributed by atoms with van der Waals surface area (Å²) in [6.45, 7) is 8.23. The highest BCUT2D eigenvalue weighted by molar-refractivity contribution is 5.99. The Hall–Kier alpha value is -2.22. The van der Waals surface area contributed by atoms with Crippen molar-refractivity contribution in [1.82, 2.24) is 4.90 Å². The van der Waals surface area contributed by atoms with Gasteiger partial charge in [-0.05, 0) is 126 Å². The molecule has 18 atom stereocenters. The number of esters is 1. The van der Waals surface area contributed by atoms with Crippen LogP contribution in [0.3, 0.4) is 0 Å². The van der Waals surface area contributed by atoms with Gasteiger partial charge >= 0.3 is 5.97 Å². The number of hydrogen-bond acceptors (Lipinski definition) is 11. The van der Waals surface area contributed by atoms with E-state index in [9.17, 15) is 4.79 Å². The number of ketones is 1. The van der Waals surface area contributed by atoms with Gasteiger partial charge in [0, 0.05) is 39.2 Å². The lowest BCUT2D eigenvalue weighted by atomic mass is 9.59. The number of likely N-dealkylation sites (N-methyl/N-ethyl adjacent to an activating group) is 1. The number of benzene rings is 1. The van der Waals surface area contributed by atoms with Gasteiger partial charge in [0.2, 0.25) is 0 Å². The summed E-state index contributed by atoms with van der Waals surface area (Å²) in [6, 6.07) is 11.1. The van der Waals surface area contributed by atoms with Gasteiger partial charge in [-0.25, -0.2) is 0 Å². The third-order valence-electron chi connectivity index (χ3n) is 15.0. The maximum Gasteiger partial charge on any atom is 0.306 e. The predicted octanol–water partition coefficient (Wildman–Crippen LogP) is 7.11. The maximum absolute atomic E-state index is 15.1. The standard InChI is InChI=1S/C47H71NO10/c1-10-31-17-14-18-39(58-41-20-19-38(48(5)6)27(3)54-41)26(2)43(50)37-24-35-33-23-32(57-47-46(53-9)45(52-8)44(51-7)28(4)55-47)21-30(33)22-34(29-15-12-11-13-16-29)42(35)36(37)25-40(49)56-31/h11-13,15-16,24,26-28,30-36,38-39,41-42,44-47H,10,14,17-23,25H2,1-9H3/t26-,27?,28?,30+,31+,32-,33-,34?,35+,36-,38+,39+,41+,42?,44+,45?,46?,47+/m1/s1. The van der Waals surface area contributed by atoms with Gasteiger partial charge in [-0.1, -0.05) is 50.3 Å². The van der Waals surface area contributed by atoms with Crippen molar-refractivity contribution in [3.8, 4) is 0 Å². The molecule has 11 nitrogen and oxygen atoms in total. The summed E-state index contributed by atoms with van der Waals surface area (Å²) in [4.78, 5) is 31.3. The number of hydrogen-bond donors (Lipinski definition) is 0. The van der Waals surface area contributed by atoms with Gasteiger partial charge in [-0.2, -0.15) is 0 Å². The number of nitrogens with zero attached hydrogens (tertiary/aromatic N) is 1. The zero-order valence-electron chi connectivity index (χ0n) is 36.5. The zero-order chi connectivity index (χ0) is 41.2. The van der Waals surface area contributed by atoms with Gasteiger partial charge in [0.1, 0.15) is 24.4 Å². The first-order valence-electron chi connectivity index (χ1n) is 22.3. The fourth-order valence-corrected chi connectivity index (χ4v) is 12.1. The number of carbonyl (C=O) groups is 2. The van der Waals surface area contributed by atoms with Crippen LogP contribution in [-0.4, -0.2) is 120 Å². The number of cyclic esters (lactones) is 1. The average molecular weight is 810 g/mol. The molecule has 3 aliphatic carbocycles. The first-order chi connectivity index (χ1) is 28.0. The molecule has 1 aromatic carbocycles. The van der Waals surface area contributed by atoms with Gasteiger partial charge in [0.25, 0.3) is 0 Å². The first kappa shape index (κ1) is 43.9. The molecule has 3 aliphatic heterocycles. The molecule has 2 saturated carbocycles. The summed E-state index contributed by atoms with van der Waals surface area (Å²) in [6.07, 6.45) is 7.15. The molecule has 0 bridgehead atoms. The predicted molar refractivity (Wildman–Crippen MR) is 219 cm³/mol. The second-order valence-corrected chi connectivity index (χ2v) is 18.5. The van der Waals surface area contributed by atoms with E-state index in [0.717, 1.165) is 56.9 Å². The Kier molecular flexibility index (Phi) is 14.5. The van der Waals surface area contributed by atoms with Gasteiger partial charge in [-0.15, -0.1) is 0 Å². The van der Waals surface area contributed by atoms with Gasteiger partial charge in [0.05, 0.1) is 30.8 Å². The van der Waals surface area contributed by atoms with E-state index >= 15 is 4.79 Å². The summed E-state index contributed by atoms with van der Waals surface area (Å²) in [5.41, 5.74) is 2.05. The molecular weight excluding hydrogens is 739 g/mol. The molecule has 1 aromatic rings. The van der Waals surface area contributed by atoms with E-state index < -0.39 is 12.4 Å². The third-order valence-corrected chi connectivity index (χ3v) is 15.0. The van der Waals surface area contributed by atoms with Crippen molar-refractivity contribution in [3.63, 3.8) is 0 Å². The lowest BCUT2D eigenvalue weighted by Gasteiger charge is -2.44. The normalized spacial score (nSPS) is 43.7. The van der Waals surface area contributed by atoms with Crippen LogP contribution in [0.2, 0.25) is 0 Å². The lowest BCUT2D eigenvalue weighted by Crippen LogP contribution is -2.59. The van der Waals surface area contributed by atoms with E-state index in [1.165, 1.54) is 5.56 Å². The first-order valence-corrected chi connectivity index (χ1v) is 22.3. The van der Waals surface area contributed by atoms with Crippen LogP contribution in [0.15, 0.2) is 42.0 Å². The van der Waals surface area contributed by atoms with Gasteiger partial charge < -0.3 is 42.8 Å². The van der Waals surface area contributed by atoms with Crippen molar-refractivity contribution < 1.29 is 47.5 Å². The minimum Gasteiger partial charge on any atom is -0.462 e. The molecule has 0 radical (unpaired) electrons. The Morgan fingerprint density at radius 3 is 2.21 bits per heavy atom. The number of rotatable bonds is 10. The van der Waals surface area contributed by atoms with Crippen molar-refractivity contribution in [2.75, 3.05) is 35.4 Å². The average Bonchev–Trinajstić information content (AvgIpc) is 3.79. The van der Waals surface area contributed by atoms with Crippen LogP contribution in [0, 0.1) is 35.5 Å². The molecule has 3 saturated heterocycles. The second kappa shape index (κ2) is 19.2. The molecule has 5 fully saturated rings. The molecule has 7 rings (SSSR count). The van der Waals surface area contributed by atoms with E-state index in [0.29, 0.717) is 18.4 Å². The van der Waals surface area contributed by atoms with Crippen LogP contribution in [0.4, 0.5) is 0 Å². The quantitative estimate of drug-likeness (QED) is 0.226. The van der Waals surface area contributed by atoms with E-state index in [1.54, 1.807) is 21.3 Å². The Labute approximate surface area is 347 Å². The van der Waals surface area contributed by atoms with Crippen molar-refractivity contribution in [2.45, 2.75) is 165 Å². The molecule has 0 aromatic heterocycles. The zero-order valence-corrected chi connectivity index (χ0v) is 36.5. The molecule has 324 valence electrons. The highest BCUT2D eigenvalue weighted by Gasteiger charge is 2.57. The third kappa shape index (κ3) is 9.03. The highest BCUT2D eigenvalue weighted by Crippen LogP contribution is 2.61.